The third-order valence-electron chi connectivity index (χ3n) is 3.96. The summed E-state index contributed by atoms with van der Waals surface area (Å²) in [5, 5.41) is 0. The van der Waals surface area contributed by atoms with Crippen molar-refractivity contribution in [3.8, 4) is 11.5 Å². The Hall–Kier alpha value is -0.970. The molecule has 1 unspecified atom stereocenters. The van der Waals surface area contributed by atoms with Gasteiger partial charge in [-0.05, 0) is 56.6 Å². The van der Waals surface area contributed by atoms with E-state index < -0.39 is 0 Å². The zero-order valence-electron chi connectivity index (χ0n) is 12.8. The van der Waals surface area contributed by atoms with Crippen molar-refractivity contribution in [1.82, 2.24) is 4.90 Å². The first-order valence-corrected chi connectivity index (χ1v) is 7.54. The first kappa shape index (κ1) is 18.1. The van der Waals surface area contributed by atoms with Gasteiger partial charge < -0.3 is 15.2 Å². The van der Waals surface area contributed by atoms with Crippen LogP contribution in [0.4, 0.5) is 0 Å². The maximum atomic E-state index is 5.81. The van der Waals surface area contributed by atoms with Gasteiger partial charge >= 0.3 is 0 Å². The molecule has 0 saturated carbocycles. The van der Waals surface area contributed by atoms with Crippen molar-refractivity contribution in [2.75, 3.05) is 33.4 Å². The van der Waals surface area contributed by atoms with E-state index in [-0.39, 0.29) is 12.4 Å². The second-order valence-electron chi connectivity index (χ2n) is 5.29. The Bertz CT molecular complexity index is 384. The van der Waals surface area contributed by atoms with Gasteiger partial charge in [-0.25, -0.2) is 0 Å². The predicted molar refractivity (Wildman–Crippen MR) is 88.6 cm³/mol. The maximum Gasteiger partial charge on any atom is 0.119 e. The minimum Gasteiger partial charge on any atom is -0.497 e. The number of methoxy groups -OCH3 is 1. The number of nitrogens with two attached hydrogens (primary N) is 1. The summed E-state index contributed by atoms with van der Waals surface area (Å²) in [5.74, 6) is 1.76. The van der Waals surface area contributed by atoms with Crippen molar-refractivity contribution in [3.05, 3.63) is 24.3 Å². The SMILES string of the molecule is COc1ccc(OCCN2CCCCC2CCN)cc1.Cl. The molecule has 2 rings (SSSR count). The molecular weight excluding hydrogens is 288 g/mol. The van der Waals surface area contributed by atoms with Gasteiger partial charge in [-0.15, -0.1) is 12.4 Å². The summed E-state index contributed by atoms with van der Waals surface area (Å²) in [5.41, 5.74) is 5.70. The number of nitrogens with zero attached hydrogens (tertiary/aromatic N) is 1. The van der Waals surface area contributed by atoms with E-state index in [0.29, 0.717) is 6.04 Å². The van der Waals surface area contributed by atoms with Crippen LogP contribution in [-0.2, 0) is 0 Å². The van der Waals surface area contributed by atoms with Crippen molar-refractivity contribution in [1.29, 1.82) is 0 Å². The van der Waals surface area contributed by atoms with Crippen LogP contribution in [0.3, 0.4) is 0 Å². The van der Waals surface area contributed by atoms with Gasteiger partial charge in [-0.2, -0.15) is 0 Å². The van der Waals surface area contributed by atoms with Crippen molar-refractivity contribution < 1.29 is 9.47 Å². The summed E-state index contributed by atoms with van der Waals surface area (Å²) in [6, 6.07) is 8.40. The van der Waals surface area contributed by atoms with E-state index in [0.717, 1.165) is 37.6 Å². The molecule has 2 N–H and O–H groups in total. The summed E-state index contributed by atoms with van der Waals surface area (Å²) in [6.45, 7) is 3.67. The quantitative estimate of drug-likeness (QED) is 0.840. The van der Waals surface area contributed by atoms with Crippen LogP contribution in [0.15, 0.2) is 24.3 Å². The number of hydrogen-bond donors (Lipinski definition) is 1. The summed E-state index contributed by atoms with van der Waals surface area (Å²) in [6.07, 6.45) is 5.01. The average molecular weight is 315 g/mol. The molecular formula is C16H27ClN2O2. The van der Waals surface area contributed by atoms with Gasteiger partial charge in [0.25, 0.3) is 0 Å². The van der Waals surface area contributed by atoms with Crippen molar-refractivity contribution >= 4 is 12.4 Å². The van der Waals surface area contributed by atoms with Gasteiger partial charge in [0.2, 0.25) is 0 Å². The molecule has 0 aromatic heterocycles. The minimum atomic E-state index is 0. The highest BCUT2D eigenvalue weighted by molar-refractivity contribution is 5.85. The molecule has 0 aliphatic carbocycles. The molecule has 4 nitrogen and oxygen atoms in total. The van der Waals surface area contributed by atoms with Crippen molar-refractivity contribution in [2.45, 2.75) is 31.7 Å². The van der Waals surface area contributed by atoms with Crippen molar-refractivity contribution in [2.24, 2.45) is 5.73 Å². The van der Waals surface area contributed by atoms with E-state index in [2.05, 4.69) is 4.90 Å². The maximum absolute atomic E-state index is 5.81. The second-order valence-corrected chi connectivity index (χ2v) is 5.29. The number of ether oxygens (including phenoxy) is 2. The Kier molecular flexibility index (Phi) is 8.50. The lowest BCUT2D eigenvalue weighted by Gasteiger charge is -2.35. The summed E-state index contributed by atoms with van der Waals surface area (Å²) in [7, 11) is 1.67. The van der Waals surface area contributed by atoms with E-state index in [1.165, 1.54) is 25.8 Å². The molecule has 0 radical (unpaired) electrons. The fourth-order valence-electron chi connectivity index (χ4n) is 2.83. The van der Waals surface area contributed by atoms with Crippen LogP contribution in [0.1, 0.15) is 25.7 Å². The number of rotatable bonds is 7. The van der Waals surface area contributed by atoms with Gasteiger partial charge in [-0.1, -0.05) is 6.42 Å². The van der Waals surface area contributed by atoms with Gasteiger partial charge in [0.15, 0.2) is 0 Å². The molecule has 1 heterocycles. The fraction of sp³-hybridized carbons (Fsp3) is 0.625. The van der Waals surface area contributed by atoms with Gasteiger partial charge in [-0.3, -0.25) is 4.90 Å². The Morgan fingerprint density at radius 3 is 2.57 bits per heavy atom. The van der Waals surface area contributed by atoms with Crippen molar-refractivity contribution in [3.63, 3.8) is 0 Å². The van der Waals surface area contributed by atoms with Gasteiger partial charge in [0, 0.05) is 12.6 Å². The lowest BCUT2D eigenvalue weighted by atomic mass is 9.99. The number of benzene rings is 1. The van der Waals surface area contributed by atoms with Crippen LogP contribution < -0.4 is 15.2 Å². The van der Waals surface area contributed by atoms with Crippen LogP contribution in [0.2, 0.25) is 0 Å². The van der Waals surface area contributed by atoms with E-state index in [1.54, 1.807) is 7.11 Å². The topological polar surface area (TPSA) is 47.7 Å². The standard InChI is InChI=1S/C16H26N2O2.ClH/c1-19-15-5-7-16(8-6-15)20-13-12-18-11-3-2-4-14(18)9-10-17;/h5-8,14H,2-4,9-13,17H2,1H3;1H. The fourth-order valence-corrected chi connectivity index (χ4v) is 2.83. The minimum absolute atomic E-state index is 0. The summed E-state index contributed by atoms with van der Waals surface area (Å²) >= 11 is 0. The van der Waals surface area contributed by atoms with Crippen LogP contribution in [0, 0.1) is 0 Å². The Morgan fingerprint density at radius 1 is 1.19 bits per heavy atom. The summed E-state index contributed by atoms with van der Waals surface area (Å²) < 4.78 is 10.9. The zero-order valence-corrected chi connectivity index (χ0v) is 13.6. The zero-order chi connectivity index (χ0) is 14.2. The molecule has 120 valence electrons. The number of hydrogen-bond acceptors (Lipinski definition) is 4. The van der Waals surface area contributed by atoms with E-state index in [4.69, 9.17) is 15.2 Å². The molecule has 0 bridgehead atoms. The average Bonchev–Trinajstić information content (AvgIpc) is 2.50. The van der Waals surface area contributed by atoms with Crippen LogP contribution >= 0.6 is 12.4 Å². The van der Waals surface area contributed by atoms with E-state index in [1.807, 2.05) is 24.3 Å². The molecule has 1 aromatic rings. The Morgan fingerprint density at radius 2 is 1.90 bits per heavy atom. The molecule has 21 heavy (non-hydrogen) atoms. The normalized spacial score (nSPS) is 18.9. The molecule has 1 aliphatic heterocycles. The molecule has 0 amide bonds. The molecule has 5 heteroatoms. The number of halogens is 1. The first-order valence-electron chi connectivity index (χ1n) is 7.54. The largest absolute Gasteiger partial charge is 0.497 e. The van der Waals surface area contributed by atoms with Crippen LogP contribution in [0.25, 0.3) is 0 Å². The third-order valence-corrected chi connectivity index (χ3v) is 3.96. The van der Waals surface area contributed by atoms with Gasteiger partial charge in [0.05, 0.1) is 7.11 Å². The molecule has 1 aliphatic rings. The molecule has 1 atom stereocenters. The number of piperidine rings is 1. The smallest absolute Gasteiger partial charge is 0.119 e. The van der Waals surface area contributed by atoms with Gasteiger partial charge in [0.1, 0.15) is 18.1 Å². The third kappa shape index (κ3) is 5.73. The molecule has 1 fully saturated rings. The first-order chi connectivity index (χ1) is 9.83. The highest BCUT2D eigenvalue weighted by Crippen LogP contribution is 2.20. The van der Waals surface area contributed by atoms with Crippen LogP contribution in [-0.4, -0.2) is 44.3 Å². The lowest BCUT2D eigenvalue weighted by Crippen LogP contribution is -2.42. The van der Waals surface area contributed by atoms with E-state index >= 15 is 0 Å². The van der Waals surface area contributed by atoms with E-state index in [9.17, 15) is 0 Å². The molecule has 1 aromatic carbocycles. The number of likely N-dealkylation sites (tertiary alicyclic amines) is 1. The highest BCUT2D eigenvalue weighted by atomic mass is 35.5. The predicted octanol–water partition coefficient (Wildman–Crippen LogP) is 2.70. The molecule has 1 saturated heterocycles. The Labute approximate surface area is 134 Å². The monoisotopic (exact) mass is 314 g/mol. The Balaban J connectivity index is 0.00000220. The second kappa shape index (κ2) is 9.87. The van der Waals surface area contributed by atoms with Crippen LogP contribution in [0.5, 0.6) is 11.5 Å². The lowest BCUT2D eigenvalue weighted by molar-refractivity contribution is 0.118. The highest BCUT2D eigenvalue weighted by Gasteiger charge is 2.21. The summed E-state index contributed by atoms with van der Waals surface area (Å²) in [4.78, 5) is 2.53. The molecule has 0 spiro atoms.